The summed E-state index contributed by atoms with van der Waals surface area (Å²) in [6.07, 6.45) is 0.526. The van der Waals surface area contributed by atoms with Gasteiger partial charge in [0.1, 0.15) is 5.01 Å². The number of carbonyl (C=O) groups excluding carboxylic acids is 1. The van der Waals surface area contributed by atoms with E-state index in [1.807, 2.05) is 6.92 Å². The van der Waals surface area contributed by atoms with Crippen LogP contribution in [-0.4, -0.2) is 46.7 Å². The molecule has 186 valence electrons. The number of nitrogens with zero attached hydrogens (tertiary/aromatic N) is 4. The summed E-state index contributed by atoms with van der Waals surface area (Å²) < 4.78 is 66.0. The first-order valence-electron chi connectivity index (χ1n) is 10.7. The quantitative estimate of drug-likeness (QED) is 0.517. The van der Waals surface area contributed by atoms with Gasteiger partial charge in [-0.25, -0.2) is 23.4 Å². The van der Waals surface area contributed by atoms with Crippen molar-refractivity contribution in [3.05, 3.63) is 58.6 Å². The summed E-state index contributed by atoms with van der Waals surface area (Å²) >= 11 is 1.37. The standard InChI is InChI=1S/C22H22F3N5O3S2/c1-13-10-26-20(34-13)16-7-15(8-18(9-16)35(32,33)30-5-3-4-6-30)19(31)29-14(2)17-11-27-21(28-12-17)22(23,24)25/h7-12,14H,3-6H2,1-2H3,(H,29,31)/t14-/m1/s1. The first-order valence-corrected chi connectivity index (χ1v) is 13.0. The number of thiazole rings is 1. The van der Waals surface area contributed by atoms with E-state index in [1.54, 1.807) is 19.2 Å². The molecule has 1 amide bonds. The second-order valence-corrected chi connectivity index (χ2v) is 11.3. The fourth-order valence-corrected chi connectivity index (χ4v) is 5.98. The third-order valence-corrected chi connectivity index (χ3v) is 8.35. The molecule has 1 atom stereocenters. The van der Waals surface area contributed by atoms with Crippen LogP contribution in [0.25, 0.3) is 10.6 Å². The van der Waals surface area contributed by atoms with Gasteiger partial charge in [0.15, 0.2) is 0 Å². The Kier molecular flexibility index (Phi) is 6.93. The fraction of sp³-hybridized carbons (Fsp3) is 0.364. The molecule has 8 nitrogen and oxygen atoms in total. The molecule has 35 heavy (non-hydrogen) atoms. The zero-order valence-corrected chi connectivity index (χ0v) is 20.5. The van der Waals surface area contributed by atoms with Crippen molar-refractivity contribution < 1.29 is 26.4 Å². The Morgan fingerprint density at radius 1 is 1.09 bits per heavy atom. The molecular formula is C22H22F3N5O3S2. The van der Waals surface area contributed by atoms with E-state index in [1.165, 1.54) is 27.8 Å². The molecule has 3 aromatic rings. The smallest absolute Gasteiger partial charge is 0.345 e. The van der Waals surface area contributed by atoms with Gasteiger partial charge in [0.2, 0.25) is 15.8 Å². The summed E-state index contributed by atoms with van der Waals surface area (Å²) in [5.74, 6) is -1.87. The Morgan fingerprint density at radius 3 is 2.31 bits per heavy atom. The number of alkyl halides is 3. The van der Waals surface area contributed by atoms with Crippen LogP contribution in [0, 0.1) is 6.92 Å². The molecule has 4 rings (SSSR count). The zero-order chi connectivity index (χ0) is 25.4. The second-order valence-electron chi connectivity index (χ2n) is 8.17. The Hall–Kier alpha value is -2.90. The average Bonchev–Trinajstić information content (AvgIpc) is 3.51. The molecule has 1 N–H and O–H groups in total. The lowest BCUT2D eigenvalue weighted by Crippen LogP contribution is -2.29. The SMILES string of the molecule is Cc1cnc(-c2cc(C(=O)N[C@H](C)c3cnc(C(F)(F)F)nc3)cc(S(=O)(=O)N3CCCC3)c2)s1. The second kappa shape index (κ2) is 9.63. The molecule has 0 saturated carbocycles. The van der Waals surface area contributed by atoms with Crippen LogP contribution >= 0.6 is 11.3 Å². The summed E-state index contributed by atoms with van der Waals surface area (Å²) in [4.78, 5) is 24.9. The van der Waals surface area contributed by atoms with Crippen molar-refractivity contribution in [3.8, 4) is 10.6 Å². The van der Waals surface area contributed by atoms with E-state index in [-0.39, 0.29) is 16.0 Å². The Balaban J connectivity index is 1.65. The summed E-state index contributed by atoms with van der Waals surface area (Å²) in [5, 5.41) is 3.25. The van der Waals surface area contributed by atoms with Crippen LogP contribution < -0.4 is 5.32 Å². The molecule has 0 unspecified atom stereocenters. The average molecular weight is 526 g/mol. The van der Waals surface area contributed by atoms with Crippen molar-refractivity contribution in [2.45, 2.75) is 43.8 Å². The summed E-state index contributed by atoms with van der Waals surface area (Å²) in [5.41, 5.74) is 0.842. The zero-order valence-electron chi connectivity index (χ0n) is 18.8. The maximum absolute atomic E-state index is 13.2. The number of aryl methyl sites for hydroxylation is 1. The minimum absolute atomic E-state index is 0.0135. The molecule has 0 bridgehead atoms. The maximum Gasteiger partial charge on any atom is 0.451 e. The number of nitrogens with one attached hydrogen (secondary N) is 1. The van der Waals surface area contributed by atoms with Crippen LogP contribution in [0.5, 0.6) is 0 Å². The fourth-order valence-electron chi connectivity index (χ4n) is 3.64. The molecule has 1 aliphatic heterocycles. The Labute approximate surface area is 204 Å². The molecule has 3 heterocycles. The third kappa shape index (κ3) is 5.52. The molecule has 13 heteroatoms. The molecule has 1 fully saturated rings. The highest BCUT2D eigenvalue weighted by atomic mass is 32.2. The summed E-state index contributed by atoms with van der Waals surface area (Å²) in [6.45, 7) is 4.26. The first-order chi connectivity index (χ1) is 16.4. The van der Waals surface area contributed by atoms with Crippen molar-refractivity contribution in [2.24, 2.45) is 0 Å². The van der Waals surface area contributed by atoms with E-state index < -0.39 is 34.0 Å². The van der Waals surface area contributed by atoms with Crippen molar-refractivity contribution in [3.63, 3.8) is 0 Å². The molecule has 1 aliphatic rings. The number of hydrogen-bond acceptors (Lipinski definition) is 7. The van der Waals surface area contributed by atoms with Crippen LogP contribution in [0.1, 0.15) is 52.4 Å². The van der Waals surface area contributed by atoms with Gasteiger partial charge in [0, 0.05) is 53.2 Å². The van der Waals surface area contributed by atoms with Gasteiger partial charge in [-0.1, -0.05) is 0 Å². The minimum atomic E-state index is -4.67. The van der Waals surface area contributed by atoms with E-state index in [0.29, 0.717) is 23.7 Å². The van der Waals surface area contributed by atoms with Gasteiger partial charge in [-0.3, -0.25) is 4.79 Å². The lowest BCUT2D eigenvalue weighted by Gasteiger charge is -2.18. The van der Waals surface area contributed by atoms with Gasteiger partial charge >= 0.3 is 6.18 Å². The minimum Gasteiger partial charge on any atom is -0.345 e. The maximum atomic E-state index is 13.2. The summed E-state index contributed by atoms with van der Waals surface area (Å²) in [6, 6.07) is 3.64. The number of sulfonamides is 1. The molecule has 0 radical (unpaired) electrons. The Bertz CT molecular complexity index is 1340. The topological polar surface area (TPSA) is 105 Å². The highest BCUT2D eigenvalue weighted by molar-refractivity contribution is 7.89. The normalized spacial score (nSPS) is 15.8. The first kappa shape index (κ1) is 25.2. The predicted octanol–water partition coefficient (Wildman–Crippen LogP) is 4.20. The van der Waals surface area contributed by atoms with Gasteiger partial charge in [-0.15, -0.1) is 11.3 Å². The number of aromatic nitrogens is 3. The van der Waals surface area contributed by atoms with Crippen LogP contribution in [0.4, 0.5) is 13.2 Å². The van der Waals surface area contributed by atoms with Crippen molar-refractivity contribution in [1.82, 2.24) is 24.6 Å². The van der Waals surface area contributed by atoms with Gasteiger partial charge in [-0.2, -0.15) is 17.5 Å². The van der Waals surface area contributed by atoms with Gasteiger partial charge in [0.25, 0.3) is 5.91 Å². The van der Waals surface area contributed by atoms with Crippen LogP contribution in [0.15, 0.2) is 41.7 Å². The van der Waals surface area contributed by atoms with Gasteiger partial charge in [-0.05, 0) is 44.9 Å². The number of hydrogen-bond donors (Lipinski definition) is 1. The molecule has 0 spiro atoms. The number of halogens is 3. The Morgan fingerprint density at radius 2 is 1.74 bits per heavy atom. The molecule has 2 aromatic heterocycles. The van der Waals surface area contributed by atoms with E-state index in [2.05, 4.69) is 20.3 Å². The van der Waals surface area contributed by atoms with Crippen LogP contribution in [-0.2, 0) is 16.2 Å². The van der Waals surface area contributed by atoms with Crippen molar-refractivity contribution >= 4 is 27.3 Å². The van der Waals surface area contributed by atoms with Crippen LogP contribution in [0.3, 0.4) is 0 Å². The van der Waals surface area contributed by atoms with E-state index in [0.717, 1.165) is 30.1 Å². The molecule has 0 aliphatic carbocycles. The molecule has 1 saturated heterocycles. The highest BCUT2D eigenvalue weighted by Crippen LogP contribution is 2.31. The lowest BCUT2D eigenvalue weighted by atomic mass is 10.1. The van der Waals surface area contributed by atoms with Crippen molar-refractivity contribution in [1.29, 1.82) is 0 Å². The lowest BCUT2D eigenvalue weighted by molar-refractivity contribution is -0.145. The predicted molar refractivity (Wildman–Crippen MR) is 123 cm³/mol. The highest BCUT2D eigenvalue weighted by Gasteiger charge is 2.34. The van der Waals surface area contributed by atoms with Crippen LogP contribution in [0.2, 0.25) is 0 Å². The van der Waals surface area contributed by atoms with Crippen molar-refractivity contribution in [2.75, 3.05) is 13.1 Å². The number of benzene rings is 1. The number of carbonyl (C=O) groups is 1. The number of amides is 1. The van der Waals surface area contributed by atoms with E-state index >= 15 is 0 Å². The third-order valence-electron chi connectivity index (χ3n) is 5.51. The van der Waals surface area contributed by atoms with Gasteiger partial charge in [0.05, 0.1) is 10.9 Å². The monoisotopic (exact) mass is 525 g/mol. The summed E-state index contributed by atoms with van der Waals surface area (Å²) in [7, 11) is -3.81. The molecule has 1 aromatic carbocycles. The largest absolute Gasteiger partial charge is 0.451 e. The van der Waals surface area contributed by atoms with Gasteiger partial charge < -0.3 is 5.32 Å². The molecular weight excluding hydrogens is 503 g/mol. The van der Waals surface area contributed by atoms with E-state index in [9.17, 15) is 26.4 Å². The number of rotatable bonds is 6. The van der Waals surface area contributed by atoms with E-state index in [4.69, 9.17) is 0 Å².